The van der Waals surface area contributed by atoms with Gasteiger partial charge in [0.2, 0.25) is 15.9 Å². The fraction of sp³-hybridized carbons (Fsp3) is 0.476. The lowest BCUT2D eigenvalue weighted by atomic mass is 10.0. The van der Waals surface area contributed by atoms with E-state index < -0.39 is 10.0 Å². The molecule has 1 atom stereocenters. The molecule has 1 aliphatic heterocycles. The number of sulfonamides is 1. The van der Waals surface area contributed by atoms with Crippen molar-refractivity contribution < 1.29 is 17.6 Å². The van der Waals surface area contributed by atoms with Crippen molar-refractivity contribution in [2.24, 2.45) is 5.92 Å². The smallest absolute Gasteiger partial charge is 0.243 e. The van der Waals surface area contributed by atoms with Crippen LogP contribution in [0, 0.1) is 12.8 Å². The van der Waals surface area contributed by atoms with Gasteiger partial charge >= 0.3 is 0 Å². The van der Waals surface area contributed by atoms with Gasteiger partial charge in [0, 0.05) is 13.1 Å². The molecule has 7 heteroatoms. The van der Waals surface area contributed by atoms with E-state index in [4.69, 9.17) is 4.42 Å². The van der Waals surface area contributed by atoms with E-state index in [1.54, 1.807) is 41.3 Å². The largest absolute Gasteiger partial charge is 0.468 e. The zero-order valence-electron chi connectivity index (χ0n) is 16.5. The van der Waals surface area contributed by atoms with E-state index in [1.165, 1.54) is 10.6 Å². The summed E-state index contributed by atoms with van der Waals surface area (Å²) in [5.41, 5.74) is 0.978. The molecule has 1 aliphatic rings. The first-order chi connectivity index (χ1) is 13.4. The van der Waals surface area contributed by atoms with Gasteiger partial charge in [-0.3, -0.25) is 4.79 Å². The third kappa shape index (κ3) is 4.83. The maximum absolute atomic E-state index is 13.2. The first kappa shape index (κ1) is 20.6. The summed E-state index contributed by atoms with van der Waals surface area (Å²) in [7, 11) is -3.82. The highest BCUT2D eigenvalue weighted by molar-refractivity contribution is 7.89. The minimum absolute atomic E-state index is 0.0289. The second-order valence-electron chi connectivity index (χ2n) is 7.45. The van der Waals surface area contributed by atoms with Gasteiger partial charge in [0.25, 0.3) is 0 Å². The van der Waals surface area contributed by atoms with Crippen LogP contribution in [0.5, 0.6) is 0 Å². The summed E-state index contributed by atoms with van der Waals surface area (Å²) >= 11 is 0. The molecular weight excluding hydrogens is 376 g/mol. The minimum atomic E-state index is -3.82. The van der Waals surface area contributed by atoms with Gasteiger partial charge in [-0.2, -0.15) is 4.31 Å². The Bertz CT molecular complexity index is 876. The summed E-state index contributed by atoms with van der Waals surface area (Å²) in [5, 5.41) is 0. The predicted molar refractivity (Wildman–Crippen MR) is 107 cm³/mol. The van der Waals surface area contributed by atoms with E-state index in [0.29, 0.717) is 24.8 Å². The van der Waals surface area contributed by atoms with E-state index in [-0.39, 0.29) is 23.9 Å². The second kappa shape index (κ2) is 8.92. The van der Waals surface area contributed by atoms with Crippen LogP contribution >= 0.6 is 0 Å². The van der Waals surface area contributed by atoms with E-state index in [9.17, 15) is 13.2 Å². The number of carbonyl (C=O) groups excluding carboxylic acids is 1. The molecule has 0 saturated carbocycles. The Kier molecular flexibility index (Phi) is 6.57. The van der Waals surface area contributed by atoms with Crippen LogP contribution in [0.4, 0.5) is 0 Å². The van der Waals surface area contributed by atoms with Crippen molar-refractivity contribution in [2.45, 2.75) is 44.6 Å². The van der Waals surface area contributed by atoms with Gasteiger partial charge in [-0.15, -0.1) is 0 Å². The second-order valence-corrected chi connectivity index (χ2v) is 9.39. The van der Waals surface area contributed by atoms with Crippen LogP contribution in [-0.4, -0.2) is 43.2 Å². The Morgan fingerprint density at radius 1 is 1.25 bits per heavy atom. The third-order valence-electron chi connectivity index (χ3n) is 5.22. The molecule has 1 saturated heterocycles. The number of amides is 1. The fourth-order valence-corrected chi connectivity index (χ4v) is 4.97. The number of likely N-dealkylation sites (tertiary alicyclic amines) is 1. The number of rotatable bonds is 8. The lowest BCUT2D eigenvalue weighted by Gasteiger charge is -2.24. The van der Waals surface area contributed by atoms with Crippen molar-refractivity contribution in [3.8, 4) is 0 Å². The molecule has 28 heavy (non-hydrogen) atoms. The van der Waals surface area contributed by atoms with Gasteiger partial charge in [-0.05, 0) is 49.9 Å². The lowest BCUT2D eigenvalue weighted by molar-refractivity contribution is -0.130. The van der Waals surface area contributed by atoms with Crippen LogP contribution in [0.2, 0.25) is 0 Å². The summed E-state index contributed by atoms with van der Waals surface area (Å²) in [5.74, 6) is 0.871. The molecule has 2 heterocycles. The Labute approximate surface area is 167 Å². The zero-order chi connectivity index (χ0) is 20.1. The first-order valence-electron chi connectivity index (χ1n) is 9.77. The van der Waals surface area contributed by atoms with Crippen LogP contribution in [0.15, 0.2) is 52.0 Å². The molecule has 1 aromatic heterocycles. The highest BCUT2D eigenvalue weighted by Gasteiger charge is 2.32. The van der Waals surface area contributed by atoms with Gasteiger partial charge in [-0.1, -0.05) is 31.0 Å². The number of hydrogen-bond donors (Lipinski definition) is 0. The van der Waals surface area contributed by atoms with Crippen LogP contribution in [0.25, 0.3) is 0 Å². The molecule has 2 aromatic rings. The lowest BCUT2D eigenvalue weighted by Crippen LogP contribution is -2.41. The Morgan fingerprint density at radius 3 is 2.64 bits per heavy atom. The predicted octanol–water partition coefficient (Wildman–Crippen LogP) is 3.43. The maximum Gasteiger partial charge on any atom is 0.243 e. The third-order valence-corrected chi connectivity index (χ3v) is 7.02. The highest BCUT2D eigenvalue weighted by atomic mass is 32.2. The van der Waals surface area contributed by atoms with Crippen molar-refractivity contribution in [2.75, 3.05) is 19.6 Å². The topological polar surface area (TPSA) is 70.8 Å². The minimum Gasteiger partial charge on any atom is -0.468 e. The molecular formula is C21H28N2O4S. The molecule has 1 amide bonds. The van der Waals surface area contributed by atoms with Crippen molar-refractivity contribution in [3.05, 3.63) is 54.0 Å². The number of benzene rings is 1. The van der Waals surface area contributed by atoms with E-state index in [0.717, 1.165) is 24.8 Å². The van der Waals surface area contributed by atoms with Crippen molar-refractivity contribution in [3.63, 3.8) is 0 Å². The summed E-state index contributed by atoms with van der Waals surface area (Å²) < 4.78 is 33.0. The standard InChI is InChI=1S/C21H28N2O4S/c1-3-5-18-11-12-22(14-18)21(24)16-23(15-19-6-4-13-27-19)28(25,26)20-9-7-17(2)8-10-20/h4,6-10,13,18H,3,5,11-12,14-16H2,1-2H3/t18-/m1/s1. The first-order valence-corrected chi connectivity index (χ1v) is 11.2. The Balaban J connectivity index is 1.79. The van der Waals surface area contributed by atoms with Gasteiger partial charge in [0.15, 0.2) is 0 Å². The highest BCUT2D eigenvalue weighted by Crippen LogP contribution is 2.23. The van der Waals surface area contributed by atoms with Crippen molar-refractivity contribution in [1.82, 2.24) is 9.21 Å². The van der Waals surface area contributed by atoms with E-state index in [2.05, 4.69) is 6.92 Å². The number of furan rings is 1. The van der Waals surface area contributed by atoms with Gasteiger partial charge < -0.3 is 9.32 Å². The van der Waals surface area contributed by atoms with E-state index in [1.807, 2.05) is 6.92 Å². The molecule has 0 radical (unpaired) electrons. The average molecular weight is 405 g/mol. The summed E-state index contributed by atoms with van der Waals surface area (Å²) in [4.78, 5) is 14.8. The number of aryl methyl sites for hydroxylation is 1. The summed E-state index contributed by atoms with van der Waals surface area (Å²) in [6.07, 6.45) is 4.69. The molecule has 1 aromatic carbocycles. The van der Waals surface area contributed by atoms with Crippen LogP contribution in [0.3, 0.4) is 0 Å². The monoisotopic (exact) mass is 404 g/mol. The molecule has 0 unspecified atom stereocenters. The molecule has 0 spiro atoms. The molecule has 6 nitrogen and oxygen atoms in total. The van der Waals surface area contributed by atoms with Crippen LogP contribution in [0.1, 0.15) is 37.5 Å². The molecule has 1 fully saturated rings. The summed E-state index contributed by atoms with van der Waals surface area (Å²) in [6.45, 7) is 5.30. The molecule has 152 valence electrons. The Morgan fingerprint density at radius 2 is 2.00 bits per heavy atom. The number of nitrogens with zero attached hydrogens (tertiary/aromatic N) is 2. The van der Waals surface area contributed by atoms with Crippen LogP contribution < -0.4 is 0 Å². The fourth-order valence-electron chi connectivity index (χ4n) is 3.62. The maximum atomic E-state index is 13.2. The van der Waals surface area contributed by atoms with E-state index >= 15 is 0 Å². The average Bonchev–Trinajstić information content (AvgIpc) is 3.34. The number of hydrogen-bond acceptors (Lipinski definition) is 4. The molecule has 3 rings (SSSR count). The number of carbonyl (C=O) groups is 1. The molecule has 0 aliphatic carbocycles. The zero-order valence-corrected chi connectivity index (χ0v) is 17.3. The van der Waals surface area contributed by atoms with Gasteiger partial charge in [0.05, 0.1) is 24.2 Å². The van der Waals surface area contributed by atoms with Crippen molar-refractivity contribution in [1.29, 1.82) is 0 Å². The quantitative estimate of drug-likeness (QED) is 0.676. The van der Waals surface area contributed by atoms with Gasteiger partial charge in [0.1, 0.15) is 5.76 Å². The molecule has 0 N–H and O–H groups in total. The normalized spacial score (nSPS) is 17.4. The van der Waals surface area contributed by atoms with Crippen LogP contribution in [-0.2, 0) is 21.4 Å². The molecule has 0 bridgehead atoms. The van der Waals surface area contributed by atoms with Crippen molar-refractivity contribution >= 4 is 15.9 Å². The SMILES string of the molecule is CCC[C@@H]1CCN(C(=O)CN(Cc2ccco2)S(=O)(=O)c2ccc(C)cc2)C1. The Hall–Kier alpha value is -2.12. The summed E-state index contributed by atoms with van der Waals surface area (Å²) in [6, 6.07) is 10.1. The van der Waals surface area contributed by atoms with Gasteiger partial charge in [-0.25, -0.2) is 8.42 Å².